The molecular formula is C34H28ClN3O7. The number of ether oxygens (including phenoxy) is 1. The quantitative estimate of drug-likeness (QED) is 0.325. The Hall–Kier alpha value is -4.96. The van der Waals surface area contributed by atoms with Crippen LogP contribution in [0, 0.1) is 23.7 Å². The van der Waals surface area contributed by atoms with E-state index >= 15 is 4.79 Å². The number of hydrogen-bond donors (Lipinski definition) is 2. The summed E-state index contributed by atoms with van der Waals surface area (Å²) in [5.41, 5.74) is 6.06. The average molecular weight is 626 g/mol. The van der Waals surface area contributed by atoms with Crippen molar-refractivity contribution in [2.45, 2.75) is 24.2 Å². The Morgan fingerprint density at radius 3 is 2.40 bits per heavy atom. The van der Waals surface area contributed by atoms with Crippen LogP contribution in [-0.4, -0.2) is 46.8 Å². The first-order chi connectivity index (χ1) is 21.6. The van der Waals surface area contributed by atoms with Crippen LogP contribution in [-0.2, 0) is 24.6 Å². The number of methoxy groups -OCH3 is 1. The molecule has 2 heterocycles. The lowest BCUT2D eigenvalue weighted by Gasteiger charge is -2.50. The molecule has 11 heteroatoms. The van der Waals surface area contributed by atoms with E-state index in [9.17, 15) is 24.3 Å². The lowest BCUT2D eigenvalue weighted by Crippen LogP contribution is -2.53. The Morgan fingerprint density at radius 2 is 1.71 bits per heavy atom. The predicted octanol–water partition coefficient (Wildman–Crippen LogP) is 4.30. The zero-order chi connectivity index (χ0) is 31.8. The normalized spacial score (nSPS) is 28.8. The first-order valence-electron chi connectivity index (χ1n) is 14.5. The number of nitrogens with two attached hydrogens (primary N) is 1. The Labute approximate surface area is 263 Å². The first-order valence-corrected chi connectivity index (χ1v) is 14.9. The lowest BCUT2D eigenvalue weighted by atomic mass is 9.49. The van der Waals surface area contributed by atoms with Gasteiger partial charge in [0.2, 0.25) is 23.6 Å². The number of likely N-dealkylation sites (tertiary alicyclic amines) is 1. The molecule has 2 aliphatic heterocycles. The third-order valence-electron chi connectivity index (χ3n) is 9.92. The molecule has 3 aromatic carbocycles. The Morgan fingerprint density at radius 1 is 0.956 bits per heavy atom. The van der Waals surface area contributed by atoms with E-state index in [0.717, 1.165) is 4.90 Å². The zero-order valence-electron chi connectivity index (χ0n) is 24.1. The summed E-state index contributed by atoms with van der Waals surface area (Å²) in [6, 6.07) is 19.0. The van der Waals surface area contributed by atoms with Crippen LogP contribution in [0.2, 0.25) is 5.02 Å². The number of aromatic hydroxyl groups is 1. The first kappa shape index (κ1) is 28.8. The van der Waals surface area contributed by atoms with E-state index in [1.165, 1.54) is 19.2 Å². The van der Waals surface area contributed by atoms with Crippen molar-refractivity contribution in [3.8, 4) is 11.5 Å². The zero-order valence-corrected chi connectivity index (χ0v) is 24.8. The molecule has 2 saturated heterocycles. The number of rotatable bonds is 4. The summed E-state index contributed by atoms with van der Waals surface area (Å²) in [4.78, 5) is 70.6. The predicted molar refractivity (Wildman–Crippen MR) is 162 cm³/mol. The maximum atomic E-state index is 15.1. The Bertz CT molecular complexity index is 1840. The summed E-state index contributed by atoms with van der Waals surface area (Å²) in [6.45, 7) is 0. The Kier molecular flexibility index (Phi) is 6.59. The number of fused-ring (bicyclic) bond motifs is 4. The lowest BCUT2D eigenvalue weighted by molar-refractivity contribution is -0.136. The largest absolute Gasteiger partial charge is 0.508 e. The second-order valence-corrected chi connectivity index (χ2v) is 12.3. The number of imide groups is 4. The van der Waals surface area contributed by atoms with Gasteiger partial charge >= 0.3 is 6.03 Å². The number of primary amides is 1. The number of amides is 6. The summed E-state index contributed by atoms with van der Waals surface area (Å²) in [5.74, 6) is -6.40. The summed E-state index contributed by atoms with van der Waals surface area (Å²) in [5, 5.41) is 10.7. The number of hydrogen-bond acceptors (Lipinski definition) is 7. The molecule has 228 valence electrons. The molecule has 45 heavy (non-hydrogen) atoms. The summed E-state index contributed by atoms with van der Waals surface area (Å²) in [6.07, 6.45) is 2.06. The number of anilines is 1. The van der Waals surface area contributed by atoms with Crippen LogP contribution in [0.1, 0.15) is 29.9 Å². The summed E-state index contributed by atoms with van der Waals surface area (Å²) >= 11 is 6.32. The van der Waals surface area contributed by atoms with Crippen LogP contribution in [0.4, 0.5) is 10.5 Å². The fourth-order valence-corrected chi connectivity index (χ4v) is 8.43. The van der Waals surface area contributed by atoms with Gasteiger partial charge in [-0.15, -0.1) is 0 Å². The van der Waals surface area contributed by atoms with Gasteiger partial charge in [0.1, 0.15) is 11.5 Å². The van der Waals surface area contributed by atoms with E-state index in [1.807, 2.05) is 24.3 Å². The van der Waals surface area contributed by atoms with E-state index in [0.29, 0.717) is 32.3 Å². The van der Waals surface area contributed by atoms with Crippen LogP contribution >= 0.6 is 11.6 Å². The molecule has 0 radical (unpaired) electrons. The third kappa shape index (κ3) is 3.91. The number of phenolic OH excluding ortho intramolecular Hbond substituents is 1. The van der Waals surface area contributed by atoms with E-state index in [2.05, 4.69) is 0 Å². The number of carbonyl (C=O) groups excluding carboxylic acids is 5. The number of benzene rings is 3. The fourth-order valence-electron chi connectivity index (χ4n) is 8.24. The van der Waals surface area contributed by atoms with Crippen LogP contribution in [0.25, 0.3) is 0 Å². The molecule has 6 amide bonds. The van der Waals surface area contributed by atoms with E-state index in [4.69, 9.17) is 22.1 Å². The molecule has 3 fully saturated rings. The molecule has 0 aromatic heterocycles. The Balaban J connectivity index is 1.53. The molecule has 1 saturated carbocycles. The van der Waals surface area contributed by atoms with Crippen LogP contribution in [0.15, 0.2) is 84.4 Å². The van der Waals surface area contributed by atoms with Crippen molar-refractivity contribution in [3.05, 3.63) is 101 Å². The van der Waals surface area contributed by atoms with Gasteiger partial charge in [0.25, 0.3) is 0 Å². The second kappa shape index (κ2) is 10.3. The van der Waals surface area contributed by atoms with Crippen molar-refractivity contribution in [3.63, 3.8) is 0 Å². The van der Waals surface area contributed by atoms with Gasteiger partial charge in [0, 0.05) is 22.6 Å². The SMILES string of the molecule is COc1cc(O)ccc1C1C2=CCC3C(=O)N(C(N)=O)C(=O)C3C2CC2C(=O)N(c3cccc(Cl)c3)C(=O)C21c1ccccc1. The standard InChI is InChI=1S/C34H28ClN3O7/c1-45-26-15-20(39)10-11-22(26)28-21-12-13-23-27(31(42)38(29(23)40)33(36)44)24(21)16-25-30(41)37(19-9-5-8-18(35)14-19)32(43)34(25,28)17-6-3-2-4-7-17/h2-12,14-15,23-25,27-28,39H,13,16H2,1H3,(H2,36,44). The molecule has 4 aliphatic rings. The monoisotopic (exact) mass is 625 g/mol. The summed E-state index contributed by atoms with van der Waals surface area (Å²) in [7, 11) is 1.44. The molecule has 0 bridgehead atoms. The highest BCUT2D eigenvalue weighted by molar-refractivity contribution is 6.32. The van der Waals surface area contributed by atoms with Crippen LogP contribution in [0.5, 0.6) is 11.5 Å². The maximum Gasteiger partial charge on any atom is 0.328 e. The number of halogens is 1. The highest BCUT2D eigenvalue weighted by atomic mass is 35.5. The van der Waals surface area contributed by atoms with E-state index < -0.39 is 64.7 Å². The van der Waals surface area contributed by atoms with Crippen molar-refractivity contribution in [2.75, 3.05) is 12.0 Å². The molecule has 0 spiro atoms. The van der Waals surface area contributed by atoms with Gasteiger partial charge in [-0.25, -0.2) is 9.69 Å². The maximum absolute atomic E-state index is 15.1. The van der Waals surface area contributed by atoms with Crippen molar-refractivity contribution in [2.24, 2.45) is 29.4 Å². The number of nitrogens with zero attached hydrogens (tertiary/aromatic N) is 2. The third-order valence-corrected chi connectivity index (χ3v) is 10.2. The topological polar surface area (TPSA) is 147 Å². The molecule has 3 aromatic rings. The number of phenols is 1. The number of allylic oxidation sites excluding steroid dienone is 2. The van der Waals surface area contributed by atoms with Gasteiger partial charge in [0.05, 0.1) is 36.0 Å². The summed E-state index contributed by atoms with van der Waals surface area (Å²) < 4.78 is 5.75. The highest BCUT2D eigenvalue weighted by Gasteiger charge is 2.70. The van der Waals surface area contributed by atoms with E-state index in [1.54, 1.807) is 42.5 Å². The van der Waals surface area contributed by atoms with Crippen molar-refractivity contribution < 1.29 is 33.8 Å². The minimum absolute atomic E-state index is 0.0611. The molecule has 7 rings (SSSR count). The van der Waals surface area contributed by atoms with Crippen LogP contribution < -0.4 is 15.4 Å². The molecule has 6 unspecified atom stereocenters. The van der Waals surface area contributed by atoms with Crippen molar-refractivity contribution >= 4 is 46.9 Å². The van der Waals surface area contributed by atoms with Gasteiger partial charge in [0.15, 0.2) is 0 Å². The number of urea groups is 1. The molecule has 3 N–H and O–H groups in total. The van der Waals surface area contributed by atoms with Gasteiger partial charge in [-0.2, -0.15) is 4.90 Å². The van der Waals surface area contributed by atoms with Crippen molar-refractivity contribution in [1.82, 2.24) is 4.90 Å². The molecule has 2 aliphatic carbocycles. The van der Waals surface area contributed by atoms with Crippen LogP contribution in [0.3, 0.4) is 0 Å². The smallest absolute Gasteiger partial charge is 0.328 e. The van der Waals surface area contributed by atoms with Gasteiger partial charge in [-0.1, -0.05) is 65.7 Å². The average Bonchev–Trinajstić information content (AvgIpc) is 3.42. The fraction of sp³-hybridized carbons (Fsp3) is 0.265. The van der Waals surface area contributed by atoms with E-state index in [-0.39, 0.29) is 24.3 Å². The van der Waals surface area contributed by atoms with Crippen molar-refractivity contribution in [1.29, 1.82) is 0 Å². The minimum atomic E-state index is -1.50. The van der Waals surface area contributed by atoms with Gasteiger partial charge < -0.3 is 15.6 Å². The number of carbonyl (C=O) groups is 5. The van der Waals surface area contributed by atoms with Gasteiger partial charge in [-0.05, 0) is 48.6 Å². The molecular weight excluding hydrogens is 598 g/mol. The minimum Gasteiger partial charge on any atom is -0.508 e. The highest BCUT2D eigenvalue weighted by Crippen LogP contribution is 2.65. The van der Waals surface area contributed by atoms with Gasteiger partial charge in [-0.3, -0.25) is 19.2 Å². The second-order valence-electron chi connectivity index (χ2n) is 11.9. The molecule has 10 nitrogen and oxygen atoms in total. The molecule has 6 atom stereocenters.